The molecule has 2 aliphatic rings. The molecule has 24 heavy (non-hydrogen) atoms. The molecule has 1 fully saturated rings. The van der Waals surface area contributed by atoms with E-state index in [9.17, 15) is 4.79 Å². The number of fused-ring (bicyclic) bond motifs is 1. The predicted octanol–water partition coefficient (Wildman–Crippen LogP) is 2.83. The normalized spacial score (nSPS) is 21.0. The van der Waals surface area contributed by atoms with Crippen LogP contribution in [-0.4, -0.2) is 38.2 Å². The molecule has 2 aliphatic heterocycles. The lowest BCUT2D eigenvalue weighted by molar-refractivity contribution is -0.159. The van der Waals surface area contributed by atoms with Gasteiger partial charge in [-0.25, -0.2) is 4.79 Å². The van der Waals surface area contributed by atoms with E-state index in [4.69, 9.17) is 35.3 Å². The third-order valence-corrected chi connectivity index (χ3v) is 4.23. The Morgan fingerprint density at radius 1 is 1.46 bits per heavy atom. The highest BCUT2D eigenvalue weighted by atomic mass is 35.5. The summed E-state index contributed by atoms with van der Waals surface area (Å²) >= 11 is 6.09. The molecule has 0 saturated carbocycles. The average Bonchev–Trinajstić information content (AvgIpc) is 3.10. The maximum atomic E-state index is 12.1. The Labute approximate surface area is 145 Å². The summed E-state index contributed by atoms with van der Waals surface area (Å²) in [6, 6.07) is 3.52. The zero-order valence-corrected chi connectivity index (χ0v) is 14.3. The summed E-state index contributed by atoms with van der Waals surface area (Å²) < 4.78 is 27.1. The summed E-state index contributed by atoms with van der Waals surface area (Å²) in [6.45, 7) is 3.53. The highest BCUT2D eigenvalue weighted by Crippen LogP contribution is 2.32. The van der Waals surface area contributed by atoms with E-state index in [0.717, 1.165) is 30.6 Å². The molecule has 6 nitrogen and oxygen atoms in total. The van der Waals surface area contributed by atoms with Gasteiger partial charge in [0.15, 0.2) is 12.9 Å². The molecule has 0 amide bonds. The Morgan fingerprint density at radius 3 is 3.12 bits per heavy atom. The molecule has 2 heterocycles. The summed E-state index contributed by atoms with van der Waals surface area (Å²) in [6.07, 6.45) is 1.44. The van der Waals surface area contributed by atoms with Gasteiger partial charge in [0.25, 0.3) is 0 Å². The Bertz CT molecular complexity index is 585. The number of hydrogen-bond donors (Lipinski definition) is 0. The van der Waals surface area contributed by atoms with E-state index in [1.807, 2.05) is 0 Å². The fourth-order valence-corrected chi connectivity index (χ4v) is 2.99. The van der Waals surface area contributed by atoms with Crippen molar-refractivity contribution in [3.05, 3.63) is 28.3 Å². The molecule has 0 N–H and O–H groups in total. The van der Waals surface area contributed by atoms with Crippen LogP contribution in [0.25, 0.3) is 0 Å². The molecule has 2 atom stereocenters. The molecule has 1 aromatic rings. The standard InChI is InChI=1S/C17H21ClO6/c1-11(22-9-15-3-2-4-21-15)17(19)23-8-13-6-14(18)5-12-7-20-10-24-16(12)13/h5-6,11,15H,2-4,7-10H2,1H3. The van der Waals surface area contributed by atoms with Crippen LogP contribution in [-0.2, 0) is 37.0 Å². The Hall–Kier alpha value is -1.34. The van der Waals surface area contributed by atoms with Crippen LogP contribution >= 0.6 is 11.6 Å². The number of carbonyl (C=O) groups excluding carboxylic acids is 1. The number of hydrogen-bond acceptors (Lipinski definition) is 6. The lowest BCUT2D eigenvalue weighted by Crippen LogP contribution is -2.27. The number of carbonyl (C=O) groups is 1. The van der Waals surface area contributed by atoms with Crippen LogP contribution in [0.2, 0.25) is 5.02 Å². The molecule has 1 saturated heterocycles. The van der Waals surface area contributed by atoms with E-state index in [1.54, 1.807) is 19.1 Å². The number of rotatable bonds is 6. The fourth-order valence-electron chi connectivity index (χ4n) is 2.73. The monoisotopic (exact) mass is 356 g/mol. The van der Waals surface area contributed by atoms with Crippen molar-refractivity contribution in [2.45, 2.75) is 45.2 Å². The lowest BCUT2D eigenvalue weighted by atomic mass is 10.1. The van der Waals surface area contributed by atoms with E-state index < -0.39 is 12.1 Å². The molecule has 132 valence electrons. The molecule has 0 radical (unpaired) electrons. The quantitative estimate of drug-likeness (QED) is 0.730. The van der Waals surface area contributed by atoms with Gasteiger partial charge >= 0.3 is 5.97 Å². The van der Waals surface area contributed by atoms with Gasteiger partial charge in [-0.3, -0.25) is 0 Å². The predicted molar refractivity (Wildman–Crippen MR) is 85.9 cm³/mol. The number of ether oxygens (including phenoxy) is 5. The Balaban J connectivity index is 1.53. The minimum absolute atomic E-state index is 0.0774. The van der Waals surface area contributed by atoms with Crippen molar-refractivity contribution in [3.63, 3.8) is 0 Å². The minimum atomic E-state index is -0.645. The summed E-state index contributed by atoms with van der Waals surface area (Å²) in [4.78, 5) is 12.1. The second-order valence-electron chi connectivity index (χ2n) is 5.88. The van der Waals surface area contributed by atoms with Gasteiger partial charge in [-0.15, -0.1) is 0 Å². The molecular formula is C17H21ClO6. The maximum Gasteiger partial charge on any atom is 0.335 e. The van der Waals surface area contributed by atoms with E-state index in [1.165, 1.54) is 0 Å². The number of esters is 1. The molecule has 2 unspecified atom stereocenters. The van der Waals surface area contributed by atoms with Crippen molar-refractivity contribution >= 4 is 17.6 Å². The van der Waals surface area contributed by atoms with Crippen molar-refractivity contribution in [1.82, 2.24) is 0 Å². The first-order valence-corrected chi connectivity index (χ1v) is 8.43. The molecule has 0 spiro atoms. The molecule has 1 aromatic carbocycles. The van der Waals surface area contributed by atoms with Gasteiger partial charge in [-0.2, -0.15) is 0 Å². The van der Waals surface area contributed by atoms with Crippen LogP contribution in [0.15, 0.2) is 12.1 Å². The molecule has 0 bridgehead atoms. The van der Waals surface area contributed by atoms with Gasteiger partial charge in [0, 0.05) is 22.8 Å². The highest BCUT2D eigenvalue weighted by molar-refractivity contribution is 6.30. The Morgan fingerprint density at radius 2 is 2.33 bits per heavy atom. The van der Waals surface area contributed by atoms with E-state index >= 15 is 0 Å². The van der Waals surface area contributed by atoms with Crippen LogP contribution < -0.4 is 4.74 Å². The lowest BCUT2D eigenvalue weighted by Gasteiger charge is -2.21. The second kappa shape index (κ2) is 8.16. The van der Waals surface area contributed by atoms with Gasteiger partial charge in [0.1, 0.15) is 12.4 Å². The molecule has 3 rings (SSSR count). The number of benzene rings is 1. The molecule has 0 aliphatic carbocycles. The first-order chi connectivity index (χ1) is 11.6. The second-order valence-corrected chi connectivity index (χ2v) is 6.32. The third kappa shape index (κ3) is 4.39. The minimum Gasteiger partial charge on any atom is -0.467 e. The average molecular weight is 357 g/mol. The smallest absolute Gasteiger partial charge is 0.335 e. The fraction of sp³-hybridized carbons (Fsp3) is 0.588. The third-order valence-electron chi connectivity index (χ3n) is 4.01. The molecule has 0 aromatic heterocycles. The van der Waals surface area contributed by atoms with Crippen molar-refractivity contribution in [2.75, 3.05) is 20.0 Å². The zero-order valence-electron chi connectivity index (χ0n) is 13.6. The van der Waals surface area contributed by atoms with Gasteiger partial charge in [0.05, 0.1) is 19.3 Å². The SMILES string of the molecule is CC(OCC1CCCO1)C(=O)OCc1cc(Cl)cc2c1OCOC2. The number of halogens is 1. The topological polar surface area (TPSA) is 63.2 Å². The van der Waals surface area contributed by atoms with E-state index in [-0.39, 0.29) is 19.5 Å². The summed E-state index contributed by atoms with van der Waals surface area (Å²) in [5, 5.41) is 0.552. The molecular weight excluding hydrogens is 336 g/mol. The van der Waals surface area contributed by atoms with Crippen molar-refractivity contribution in [2.24, 2.45) is 0 Å². The first-order valence-electron chi connectivity index (χ1n) is 8.05. The highest BCUT2D eigenvalue weighted by Gasteiger charge is 2.22. The Kier molecular flexibility index (Phi) is 5.94. The van der Waals surface area contributed by atoms with Crippen LogP contribution in [0.4, 0.5) is 0 Å². The van der Waals surface area contributed by atoms with E-state index in [0.29, 0.717) is 24.0 Å². The van der Waals surface area contributed by atoms with Gasteiger partial charge < -0.3 is 23.7 Å². The summed E-state index contributed by atoms with van der Waals surface area (Å²) in [7, 11) is 0. The largest absolute Gasteiger partial charge is 0.467 e. The maximum absolute atomic E-state index is 12.1. The van der Waals surface area contributed by atoms with Crippen LogP contribution in [0.3, 0.4) is 0 Å². The van der Waals surface area contributed by atoms with Crippen LogP contribution in [0.1, 0.15) is 30.9 Å². The van der Waals surface area contributed by atoms with E-state index in [2.05, 4.69) is 0 Å². The summed E-state index contributed by atoms with van der Waals surface area (Å²) in [5.74, 6) is 0.250. The molecule has 7 heteroatoms. The first kappa shape index (κ1) is 17.5. The van der Waals surface area contributed by atoms with Crippen LogP contribution in [0, 0.1) is 0 Å². The van der Waals surface area contributed by atoms with Crippen LogP contribution in [0.5, 0.6) is 5.75 Å². The van der Waals surface area contributed by atoms with Crippen molar-refractivity contribution < 1.29 is 28.5 Å². The van der Waals surface area contributed by atoms with Crippen molar-refractivity contribution in [1.29, 1.82) is 0 Å². The van der Waals surface area contributed by atoms with Gasteiger partial charge in [0.2, 0.25) is 0 Å². The van der Waals surface area contributed by atoms with Gasteiger partial charge in [-0.05, 0) is 31.9 Å². The van der Waals surface area contributed by atoms with Gasteiger partial charge in [-0.1, -0.05) is 11.6 Å². The zero-order chi connectivity index (χ0) is 16.9. The summed E-state index contributed by atoms with van der Waals surface area (Å²) in [5.41, 5.74) is 1.57. The van der Waals surface area contributed by atoms with Crippen molar-refractivity contribution in [3.8, 4) is 5.75 Å².